The lowest BCUT2D eigenvalue weighted by Crippen LogP contribution is -2.37. The van der Waals surface area contributed by atoms with Crippen molar-refractivity contribution in [3.63, 3.8) is 0 Å². The van der Waals surface area contributed by atoms with Crippen LogP contribution in [-0.4, -0.2) is 28.6 Å². The van der Waals surface area contributed by atoms with Crippen molar-refractivity contribution in [1.82, 2.24) is 5.48 Å². The monoisotopic (exact) mass is 279 g/mol. The lowest BCUT2D eigenvalue weighted by molar-refractivity contribution is -0.384. The van der Waals surface area contributed by atoms with Gasteiger partial charge in [0.15, 0.2) is 0 Å². The van der Waals surface area contributed by atoms with Gasteiger partial charge < -0.3 is 4.90 Å². The SMILES string of the molecule is CC1CCCCN1c1ccc(C(=O)NO)cc1[N+](=O)[O-]. The molecule has 1 amide bonds. The number of nitro groups is 1. The number of hydrogen-bond acceptors (Lipinski definition) is 5. The summed E-state index contributed by atoms with van der Waals surface area (Å²) in [5, 5.41) is 19.8. The second-order valence-electron chi connectivity index (χ2n) is 4.94. The number of nitrogens with one attached hydrogen (secondary N) is 1. The largest absolute Gasteiger partial charge is 0.363 e. The molecule has 0 saturated carbocycles. The number of benzene rings is 1. The minimum Gasteiger partial charge on any atom is -0.363 e. The zero-order valence-electron chi connectivity index (χ0n) is 11.2. The molecule has 1 heterocycles. The fourth-order valence-corrected chi connectivity index (χ4v) is 2.57. The van der Waals surface area contributed by atoms with E-state index < -0.39 is 10.8 Å². The second-order valence-corrected chi connectivity index (χ2v) is 4.94. The number of anilines is 1. The van der Waals surface area contributed by atoms with Crippen molar-refractivity contribution >= 4 is 17.3 Å². The van der Waals surface area contributed by atoms with Gasteiger partial charge in [0.25, 0.3) is 11.6 Å². The third-order valence-corrected chi connectivity index (χ3v) is 3.65. The molecule has 0 spiro atoms. The van der Waals surface area contributed by atoms with Gasteiger partial charge in [-0.05, 0) is 38.3 Å². The lowest BCUT2D eigenvalue weighted by Gasteiger charge is -2.35. The maximum Gasteiger partial charge on any atom is 0.293 e. The molecule has 1 aliphatic heterocycles. The van der Waals surface area contributed by atoms with Crippen molar-refractivity contribution in [1.29, 1.82) is 0 Å². The number of nitrogens with zero attached hydrogens (tertiary/aromatic N) is 2. The van der Waals surface area contributed by atoms with Crippen LogP contribution < -0.4 is 10.4 Å². The third kappa shape index (κ3) is 2.72. The Bertz CT molecular complexity index is 532. The summed E-state index contributed by atoms with van der Waals surface area (Å²) in [5.41, 5.74) is 1.96. The summed E-state index contributed by atoms with van der Waals surface area (Å²) in [6.45, 7) is 2.81. The molecule has 0 aromatic heterocycles. The zero-order valence-corrected chi connectivity index (χ0v) is 11.2. The quantitative estimate of drug-likeness (QED) is 0.502. The van der Waals surface area contributed by atoms with Crippen molar-refractivity contribution in [2.45, 2.75) is 32.2 Å². The van der Waals surface area contributed by atoms with Crippen LogP contribution in [0.25, 0.3) is 0 Å². The number of nitro benzene ring substituents is 1. The molecule has 1 aliphatic rings. The number of carbonyl (C=O) groups is 1. The van der Waals surface area contributed by atoms with Crippen LogP contribution in [0, 0.1) is 10.1 Å². The molecule has 1 aromatic rings. The standard InChI is InChI=1S/C13H17N3O4/c1-9-4-2-3-7-15(9)11-6-5-10(13(17)14-18)8-12(11)16(19)20/h5-6,8-9,18H,2-4,7H2,1H3,(H,14,17). The molecular formula is C13H17N3O4. The van der Waals surface area contributed by atoms with Crippen molar-refractivity contribution in [2.75, 3.05) is 11.4 Å². The molecule has 2 N–H and O–H groups in total. The minimum absolute atomic E-state index is 0.0626. The van der Waals surface area contributed by atoms with E-state index in [2.05, 4.69) is 0 Å². The Morgan fingerprint density at radius 2 is 2.25 bits per heavy atom. The van der Waals surface area contributed by atoms with Gasteiger partial charge in [0.2, 0.25) is 0 Å². The van der Waals surface area contributed by atoms with Crippen molar-refractivity contribution < 1.29 is 14.9 Å². The summed E-state index contributed by atoms with van der Waals surface area (Å²) in [7, 11) is 0. The van der Waals surface area contributed by atoms with Crippen LogP contribution in [0.5, 0.6) is 0 Å². The van der Waals surface area contributed by atoms with E-state index in [1.807, 2.05) is 11.8 Å². The minimum atomic E-state index is -0.758. The first kappa shape index (κ1) is 14.3. The summed E-state index contributed by atoms with van der Waals surface area (Å²) in [4.78, 5) is 24.1. The highest BCUT2D eigenvalue weighted by Crippen LogP contribution is 2.33. The van der Waals surface area contributed by atoms with E-state index in [1.165, 1.54) is 17.6 Å². The third-order valence-electron chi connectivity index (χ3n) is 3.65. The van der Waals surface area contributed by atoms with Crippen molar-refractivity contribution in [3.05, 3.63) is 33.9 Å². The predicted octanol–water partition coefficient (Wildman–Crippen LogP) is 2.09. The van der Waals surface area contributed by atoms with Gasteiger partial charge >= 0.3 is 0 Å². The van der Waals surface area contributed by atoms with E-state index in [4.69, 9.17) is 5.21 Å². The maximum absolute atomic E-state index is 11.3. The number of amides is 1. The van der Waals surface area contributed by atoms with E-state index in [-0.39, 0.29) is 17.3 Å². The summed E-state index contributed by atoms with van der Waals surface area (Å²) in [6.07, 6.45) is 3.12. The zero-order chi connectivity index (χ0) is 14.7. The first-order valence-corrected chi connectivity index (χ1v) is 6.54. The Morgan fingerprint density at radius 1 is 1.50 bits per heavy atom. The predicted molar refractivity (Wildman–Crippen MR) is 73.0 cm³/mol. The molecule has 1 unspecified atom stereocenters. The average molecular weight is 279 g/mol. The molecule has 7 nitrogen and oxygen atoms in total. The van der Waals surface area contributed by atoms with Gasteiger partial charge in [-0.15, -0.1) is 0 Å². The first-order valence-electron chi connectivity index (χ1n) is 6.54. The van der Waals surface area contributed by atoms with Crippen LogP contribution in [0.4, 0.5) is 11.4 Å². The first-order chi connectivity index (χ1) is 9.54. The molecule has 2 rings (SSSR count). The molecule has 1 fully saturated rings. The van der Waals surface area contributed by atoms with E-state index >= 15 is 0 Å². The van der Waals surface area contributed by atoms with Gasteiger partial charge in [-0.2, -0.15) is 0 Å². The Kier molecular flexibility index (Phi) is 4.19. The Labute approximate surface area is 116 Å². The van der Waals surface area contributed by atoms with Gasteiger partial charge in [-0.25, -0.2) is 5.48 Å². The number of hydrogen-bond donors (Lipinski definition) is 2. The Hall–Kier alpha value is -2.15. The van der Waals surface area contributed by atoms with Crippen molar-refractivity contribution in [2.24, 2.45) is 0 Å². The lowest BCUT2D eigenvalue weighted by atomic mass is 10.0. The molecule has 0 radical (unpaired) electrons. The normalized spacial score (nSPS) is 18.7. The van der Waals surface area contributed by atoms with Crippen LogP contribution in [0.3, 0.4) is 0 Å². The molecule has 0 bridgehead atoms. The van der Waals surface area contributed by atoms with E-state index in [9.17, 15) is 14.9 Å². The number of hydroxylamine groups is 1. The van der Waals surface area contributed by atoms with Gasteiger partial charge in [-0.3, -0.25) is 20.1 Å². The van der Waals surface area contributed by atoms with E-state index in [0.29, 0.717) is 5.69 Å². The molecule has 20 heavy (non-hydrogen) atoms. The van der Waals surface area contributed by atoms with Crippen LogP contribution in [0.1, 0.15) is 36.5 Å². The van der Waals surface area contributed by atoms with Gasteiger partial charge in [0.1, 0.15) is 5.69 Å². The fourth-order valence-electron chi connectivity index (χ4n) is 2.57. The smallest absolute Gasteiger partial charge is 0.293 e. The maximum atomic E-state index is 11.3. The van der Waals surface area contributed by atoms with Crippen LogP contribution in [-0.2, 0) is 0 Å². The van der Waals surface area contributed by atoms with Crippen LogP contribution >= 0.6 is 0 Å². The molecule has 108 valence electrons. The molecular weight excluding hydrogens is 262 g/mol. The highest BCUT2D eigenvalue weighted by Gasteiger charge is 2.26. The number of carbonyl (C=O) groups excluding carboxylic acids is 1. The van der Waals surface area contributed by atoms with Crippen LogP contribution in [0.15, 0.2) is 18.2 Å². The summed E-state index contributed by atoms with van der Waals surface area (Å²) in [6, 6.07) is 4.49. The van der Waals surface area contributed by atoms with Gasteiger partial charge in [0.05, 0.1) is 4.92 Å². The summed E-state index contributed by atoms with van der Waals surface area (Å²) >= 11 is 0. The fraction of sp³-hybridized carbons (Fsp3) is 0.462. The van der Waals surface area contributed by atoms with Gasteiger partial charge in [0, 0.05) is 24.2 Å². The summed E-state index contributed by atoms with van der Waals surface area (Å²) in [5.74, 6) is -0.758. The second kappa shape index (κ2) is 5.87. The number of rotatable bonds is 3. The van der Waals surface area contributed by atoms with E-state index in [1.54, 1.807) is 6.07 Å². The average Bonchev–Trinajstić information content (AvgIpc) is 2.46. The van der Waals surface area contributed by atoms with Gasteiger partial charge in [-0.1, -0.05) is 0 Å². The Balaban J connectivity index is 2.42. The van der Waals surface area contributed by atoms with Crippen LogP contribution in [0.2, 0.25) is 0 Å². The number of piperidine rings is 1. The van der Waals surface area contributed by atoms with E-state index in [0.717, 1.165) is 25.8 Å². The molecule has 1 saturated heterocycles. The summed E-state index contributed by atoms with van der Waals surface area (Å²) < 4.78 is 0. The highest BCUT2D eigenvalue weighted by atomic mass is 16.6. The molecule has 0 aliphatic carbocycles. The highest BCUT2D eigenvalue weighted by molar-refractivity contribution is 5.95. The topological polar surface area (TPSA) is 95.7 Å². The Morgan fingerprint density at radius 3 is 2.85 bits per heavy atom. The molecule has 1 aromatic carbocycles. The van der Waals surface area contributed by atoms with Crippen molar-refractivity contribution in [3.8, 4) is 0 Å². The molecule has 1 atom stereocenters. The molecule has 7 heteroatoms.